The van der Waals surface area contributed by atoms with Gasteiger partial charge < -0.3 is 15.4 Å². The molecule has 0 aromatic heterocycles. The first kappa shape index (κ1) is 20.2. The largest absolute Gasteiger partial charge is 0.383 e. The third-order valence-corrected chi connectivity index (χ3v) is 5.41. The average molecular weight is 379 g/mol. The van der Waals surface area contributed by atoms with Crippen LogP contribution < -0.4 is 10.6 Å². The molecule has 2 aromatic carbocycles. The second-order valence-electron chi connectivity index (χ2n) is 7.32. The number of hydrogen-bond acceptors (Lipinski definition) is 3. The summed E-state index contributed by atoms with van der Waals surface area (Å²) in [6, 6.07) is 16.6. The lowest BCUT2D eigenvalue weighted by Gasteiger charge is -2.37. The number of benzene rings is 2. The smallest absolute Gasteiger partial charge is 0.251 e. The first-order chi connectivity index (χ1) is 13.7. The Morgan fingerprint density at radius 2 is 2.00 bits per heavy atom. The standard InChI is InChI=1S/C24H30N2O2/c1-4-5-11-20-17(2)21-16-19(24(27)25-14-15-28-3)12-13-22(21)26-23(20)18-9-7-6-8-10-18/h6-10,12-13,16,20,23,26H,2,4-5,11,14-15H2,1,3H3,(H,25,27). The van der Waals surface area contributed by atoms with Gasteiger partial charge in [-0.25, -0.2) is 0 Å². The van der Waals surface area contributed by atoms with Gasteiger partial charge in [-0.1, -0.05) is 56.7 Å². The van der Waals surface area contributed by atoms with Crippen molar-refractivity contribution in [1.82, 2.24) is 5.32 Å². The molecule has 2 unspecified atom stereocenters. The molecule has 0 saturated heterocycles. The van der Waals surface area contributed by atoms with Crippen molar-refractivity contribution in [3.63, 3.8) is 0 Å². The molecule has 0 bridgehead atoms. The molecule has 4 heteroatoms. The molecule has 28 heavy (non-hydrogen) atoms. The van der Waals surface area contributed by atoms with Crippen molar-refractivity contribution in [2.75, 3.05) is 25.6 Å². The number of methoxy groups -OCH3 is 1. The van der Waals surface area contributed by atoms with Crippen LogP contribution in [0.5, 0.6) is 0 Å². The quantitative estimate of drug-likeness (QED) is 0.632. The van der Waals surface area contributed by atoms with Gasteiger partial charge in [-0.3, -0.25) is 4.79 Å². The number of unbranched alkanes of at least 4 members (excludes halogenated alkanes) is 1. The maximum atomic E-state index is 12.4. The zero-order chi connectivity index (χ0) is 19.9. The first-order valence-corrected chi connectivity index (χ1v) is 10.1. The van der Waals surface area contributed by atoms with E-state index in [0.717, 1.165) is 36.1 Å². The van der Waals surface area contributed by atoms with Crippen LogP contribution in [0.25, 0.3) is 5.57 Å². The van der Waals surface area contributed by atoms with E-state index in [1.54, 1.807) is 7.11 Å². The van der Waals surface area contributed by atoms with E-state index in [2.05, 4.69) is 48.4 Å². The third-order valence-electron chi connectivity index (χ3n) is 5.41. The minimum Gasteiger partial charge on any atom is -0.383 e. The summed E-state index contributed by atoms with van der Waals surface area (Å²) < 4.78 is 5.00. The Hall–Kier alpha value is -2.59. The molecule has 1 amide bonds. The molecule has 1 aliphatic rings. The van der Waals surface area contributed by atoms with Crippen LogP contribution in [0, 0.1) is 5.92 Å². The summed E-state index contributed by atoms with van der Waals surface area (Å²) in [5.41, 5.74) is 5.14. The van der Waals surface area contributed by atoms with Gasteiger partial charge in [-0.05, 0) is 35.8 Å². The molecule has 2 aromatic rings. The number of hydrogen-bond donors (Lipinski definition) is 2. The fourth-order valence-corrected chi connectivity index (χ4v) is 3.86. The van der Waals surface area contributed by atoms with Gasteiger partial charge in [0.05, 0.1) is 12.6 Å². The molecule has 148 valence electrons. The maximum absolute atomic E-state index is 12.4. The summed E-state index contributed by atoms with van der Waals surface area (Å²) in [5, 5.41) is 6.60. The molecule has 1 aliphatic heterocycles. The van der Waals surface area contributed by atoms with Gasteiger partial charge in [0.1, 0.15) is 0 Å². The Morgan fingerprint density at radius 1 is 1.21 bits per heavy atom. The monoisotopic (exact) mass is 378 g/mol. The first-order valence-electron chi connectivity index (χ1n) is 10.1. The van der Waals surface area contributed by atoms with E-state index >= 15 is 0 Å². The van der Waals surface area contributed by atoms with Crippen LogP contribution in [0.15, 0.2) is 55.1 Å². The van der Waals surface area contributed by atoms with Gasteiger partial charge in [-0.15, -0.1) is 0 Å². The van der Waals surface area contributed by atoms with Gasteiger partial charge in [0.25, 0.3) is 5.91 Å². The minimum absolute atomic E-state index is 0.0806. The van der Waals surface area contributed by atoms with Crippen molar-refractivity contribution >= 4 is 17.2 Å². The molecule has 4 nitrogen and oxygen atoms in total. The molecule has 0 fully saturated rings. The van der Waals surface area contributed by atoms with E-state index in [9.17, 15) is 4.79 Å². The Bertz CT molecular complexity index is 817. The molecule has 1 heterocycles. The molecule has 0 saturated carbocycles. The lowest BCUT2D eigenvalue weighted by atomic mass is 9.77. The SMILES string of the molecule is C=C1c2cc(C(=O)NCCOC)ccc2NC(c2ccccc2)C1CCCC. The maximum Gasteiger partial charge on any atom is 0.251 e. The summed E-state index contributed by atoms with van der Waals surface area (Å²) in [5.74, 6) is 0.226. The van der Waals surface area contributed by atoms with Gasteiger partial charge in [0.2, 0.25) is 0 Å². The van der Waals surface area contributed by atoms with E-state index in [0.29, 0.717) is 24.6 Å². The lowest BCUT2D eigenvalue weighted by molar-refractivity contribution is 0.0937. The van der Waals surface area contributed by atoms with Crippen molar-refractivity contribution in [2.24, 2.45) is 5.92 Å². The van der Waals surface area contributed by atoms with E-state index in [1.807, 2.05) is 24.3 Å². The Labute approximate surface area is 168 Å². The number of nitrogens with one attached hydrogen (secondary N) is 2. The van der Waals surface area contributed by atoms with Crippen LogP contribution in [0.4, 0.5) is 5.69 Å². The zero-order valence-electron chi connectivity index (χ0n) is 16.8. The highest BCUT2D eigenvalue weighted by atomic mass is 16.5. The highest BCUT2D eigenvalue weighted by Gasteiger charge is 2.32. The van der Waals surface area contributed by atoms with E-state index in [4.69, 9.17) is 4.74 Å². The van der Waals surface area contributed by atoms with Gasteiger partial charge in [0.15, 0.2) is 0 Å². The van der Waals surface area contributed by atoms with Crippen molar-refractivity contribution in [2.45, 2.75) is 32.2 Å². The second kappa shape index (κ2) is 9.56. The van der Waals surface area contributed by atoms with Crippen molar-refractivity contribution in [3.05, 3.63) is 71.8 Å². The van der Waals surface area contributed by atoms with Crippen molar-refractivity contribution in [1.29, 1.82) is 0 Å². The Morgan fingerprint density at radius 3 is 2.71 bits per heavy atom. The molecular formula is C24H30N2O2. The molecule has 2 N–H and O–H groups in total. The van der Waals surface area contributed by atoms with Crippen molar-refractivity contribution in [3.8, 4) is 0 Å². The summed E-state index contributed by atoms with van der Waals surface area (Å²) >= 11 is 0. The molecule has 0 spiro atoms. The minimum atomic E-state index is -0.0806. The van der Waals surface area contributed by atoms with Crippen LogP contribution in [0.1, 0.15) is 53.7 Å². The number of carbonyl (C=O) groups is 1. The van der Waals surface area contributed by atoms with Crippen LogP contribution in [0.3, 0.4) is 0 Å². The van der Waals surface area contributed by atoms with Gasteiger partial charge >= 0.3 is 0 Å². The highest BCUT2D eigenvalue weighted by Crippen LogP contribution is 2.45. The van der Waals surface area contributed by atoms with Gasteiger partial charge in [-0.2, -0.15) is 0 Å². The lowest BCUT2D eigenvalue weighted by Crippen LogP contribution is -2.29. The third kappa shape index (κ3) is 4.45. The fraction of sp³-hybridized carbons (Fsp3) is 0.375. The summed E-state index contributed by atoms with van der Waals surface area (Å²) in [6.07, 6.45) is 3.38. The van der Waals surface area contributed by atoms with Crippen LogP contribution in [-0.2, 0) is 4.74 Å². The number of rotatable bonds is 8. The van der Waals surface area contributed by atoms with E-state index in [-0.39, 0.29) is 11.9 Å². The summed E-state index contributed by atoms with van der Waals surface area (Å²) in [4.78, 5) is 12.4. The summed E-state index contributed by atoms with van der Waals surface area (Å²) in [7, 11) is 1.63. The molecule has 0 radical (unpaired) electrons. The van der Waals surface area contributed by atoms with Crippen LogP contribution >= 0.6 is 0 Å². The van der Waals surface area contributed by atoms with Crippen LogP contribution in [0.2, 0.25) is 0 Å². The molecule has 3 rings (SSSR count). The number of ether oxygens (including phenoxy) is 1. The fourth-order valence-electron chi connectivity index (χ4n) is 3.86. The number of anilines is 1. The number of fused-ring (bicyclic) bond motifs is 1. The highest BCUT2D eigenvalue weighted by molar-refractivity contribution is 5.96. The van der Waals surface area contributed by atoms with Crippen LogP contribution in [-0.4, -0.2) is 26.2 Å². The Balaban J connectivity index is 1.89. The predicted octanol–water partition coefficient (Wildman–Crippen LogP) is 5.05. The summed E-state index contributed by atoms with van der Waals surface area (Å²) in [6.45, 7) is 7.67. The van der Waals surface area contributed by atoms with Crippen molar-refractivity contribution < 1.29 is 9.53 Å². The number of carbonyl (C=O) groups excluding carboxylic acids is 1. The zero-order valence-corrected chi connectivity index (χ0v) is 16.8. The average Bonchev–Trinajstić information content (AvgIpc) is 2.73. The Kier molecular flexibility index (Phi) is 6.88. The molecular weight excluding hydrogens is 348 g/mol. The second-order valence-corrected chi connectivity index (χ2v) is 7.32. The normalized spacial score (nSPS) is 18.3. The predicted molar refractivity (Wildman–Crippen MR) is 116 cm³/mol. The number of amides is 1. The van der Waals surface area contributed by atoms with E-state index in [1.165, 1.54) is 5.56 Å². The molecule has 0 aliphatic carbocycles. The molecule has 2 atom stereocenters. The van der Waals surface area contributed by atoms with Gasteiger partial charge in [0, 0.05) is 36.4 Å². The van der Waals surface area contributed by atoms with E-state index < -0.39 is 0 Å². The topological polar surface area (TPSA) is 50.4 Å².